The van der Waals surface area contributed by atoms with Gasteiger partial charge in [0, 0.05) is 6.20 Å². The number of hydrogen-bond acceptors (Lipinski definition) is 5. The van der Waals surface area contributed by atoms with Crippen LogP contribution in [0.2, 0.25) is 0 Å². The van der Waals surface area contributed by atoms with E-state index in [-0.39, 0.29) is 23.7 Å². The van der Waals surface area contributed by atoms with E-state index in [0.29, 0.717) is 5.75 Å². The average molecular weight is 337 g/mol. The number of esters is 1. The molecule has 6 heteroatoms. The van der Waals surface area contributed by atoms with Crippen molar-refractivity contribution in [1.82, 2.24) is 4.98 Å². The van der Waals surface area contributed by atoms with Crippen LogP contribution in [0.5, 0.6) is 11.6 Å². The number of aromatic nitrogens is 1. The number of carbonyl (C=O) groups excluding carboxylic acids is 1. The van der Waals surface area contributed by atoms with Crippen molar-refractivity contribution >= 4 is 27.6 Å². The summed E-state index contributed by atoms with van der Waals surface area (Å²) >= 11 is 3.37. The fourth-order valence-corrected chi connectivity index (χ4v) is 1.92. The van der Waals surface area contributed by atoms with Crippen LogP contribution in [-0.2, 0) is 4.74 Å². The molecule has 2 N–H and O–H groups in total. The fourth-order valence-electron chi connectivity index (χ4n) is 1.55. The molecule has 104 valence electrons. The number of nitrogen functional groups attached to an aromatic ring is 1. The Balaban J connectivity index is 2.32. The van der Waals surface area contributed by atoms with Gasteiger partial charge in [0.1, 0.15) is 11.4 Å². The van der Waals surface area contributed by atoms with Crippen molar-refractivity contribution in [3.63, 3.8) is 0 Å². The molecule has 2 rings (SSSR count). The predicted octanol–water partition coefficient (Wildman–Crippen LogP) is 3.40. The molecule has 0 aliphatic carbocycles. The molecule has 0 fully saturated rings. The number of pyridine rings is 1. The second kappa shape index (κ2) is 6.38. The molecular weight excluding hydrogens is 324 g/mol. The summed E-state index contributed by atoms with van der Waals surface area (Å²) in [5, 5.41) is 0. The van der Waals surface area contributed by atoms with Gasteiger partial charge in [0.25, 0.3) is 0 Å². The molecule has 0 unspecified atom stereocenters. The highest BCUT2D eigenvalue weighted by Crippen LogP contribution is 2.32. The lowest BCUT2D eigenvalue weighted by molar-refractivity contribution is 0.0527. The van der Waals surface area contributed by atoms with Crippen LogP contribution in [0.1, 0.15) is 17.3 Å². The van der Waals surface area contributed by atoms with Gasteiger partial charge >= 0.3 is 5.97 Å². The van der Waals surface area contributed by atoms with Gasteiger partial charge in [-0.3, -0.25) is 0 Å². The maximum Gasteiger partial charge on any atom is 0.340 e. The third kappa shape index (κ3) is 3.08. The third-order valence-electron chi connectivity index (χ3n) is 2.49. The van der Waals surface area contributed by atoms with E-state index in [0.717, 1.165) is 4.47 Å². The van der Waals surface area contributed by atoms with Crippen LogP contribution < -0.4 is 10.5 Å². The normalized spacial score (nSPS) is 10.1. The number of ether oxygens (including phenoxy) is 2. The molecule has 20 heavy (non-hydrogen) atoms. The van der Waals surface area contributed by atoms with Crippen LogP contribution in [0.4, 0.5) is 5.69 Å². The summed E-state index contributed by atoms with van der Waals surface area (Å²) in [7, 11) is 0. The van der Waals surface area contributed by atoms with Crippen LogP contribution in [0.25, 0.3) is 0 Å². The highest BCUT2D eigenvalue weighted by molar-refractivity contribution is 9.10. The van der Waals surface area contributed by atoms with Crippen molar-refractivity contribution in [2.75, 3.05) is 12.3 Å². The lowest BCUT2D eigenvalue weighted by Gasteiger charge is -2.11. The van der Waals surface area contributed by atoms with E-state index in [4.69, 9.17) is 15.2 Å². The zero-order valence-corrected chi connectivity index (χ0v) is 12.4. The number of halogens is 1. The van der Waals surface area contributed by atoms with Crippen LogP contribution in [-0.4, -0.2) is 17.6 Å². The smallest absolute Gasteiger partial charge is 0.340 e. The zero-order chi connectivity index (χ0) is 14.5. The van der Waals surface area contributed by atoms with Crippen molar-refractivity contribution in [2.45, 2.75) is 6.92 Å². The number of rotatable bonds is 4. The number of benzene rings is 1. The molecule has 0 spiro atoms. The van der Waals surface area contributed by atoms with Gasteiger partial charge in [0.15, 0.2) is 0 Å². The number of nitrogens with two attached hydrogens (primary N) is 1. The largest absolute Gasteiger partial charge is 0.462 e. The van der Waals surface area contributed by atoms with Crippen LogP contribution in [0.15, 0.2) is 41.0 Å². The van der Waals surface area contributed by atoms with E-state index < -0.39 is 5.97 Å². The van der Waals surface area contributed by atoms with Gasteiger partial charge in [-0.05, 0) is 41.1 Å². The first-order chi connectivity index (χ1) is 9.63. The van der Waals surface area contributed by atoms with Gasteiger partial charge in [-0.1, -0.05) is 12.1 Å². The van der Waals surface area contributed by atoms with E-state index in [1.165, 1.54) is 12.3 Å². The molecule has 1 heterocycles. The highest BCUT2D eigenvalue weighted by atomic mass is 79.9. The minimum atomic E-state index is -0.496. The highest BCUT2D eigenvalue weighted by Gasteiger charge is 2.16. The zero-order valence-electron chi connectivity index (χ0n) is 10.8. The summed E-state index contributed by atoms with van der Waals surface area (Å²) in [6, 6.07) is 8.79. The lowest BCUT2D eigenvalue weighted by atomic mass is 10.2. The Hall–Kier alpha value is -2.08. The second-order valence-corrected chi connectivity index (χ2v) is 4.68. The summed E-state index contributed by atoms with van der Waals surface area (Å²) in [5.74, 6) is 0.236. The van der Waals surface area contributed by atoms with Crippen molar-refractivity contribution in [1.29, 1.82) is 0 Å². The van der Waals surface area contributed by atoms with Gasteiger partial charge in [-0.15, -0.1) is 0 Å². The monoisotopic (exact) mass is 336 g/mol. The van der Waals surface area contributed by atoms with Gasteiger partial charge < -0.3 is 15.2 Å². The lowest BCUT2D eigenvalue weighted by Crippen LogP contribution is -2.09. The molecule has 1 aromatic carbocycles. The van der Waals surface area contributed by atoms with Crippen LogP contribution in [0.3, 0.4) is 0 Å². The fraction of sp³-hybridized carbons (Fsp3) is 0.143. The summed E-state index contributed by atoms with van der Waals surface area (Å²) in [4.78, 5) is 15.8. The Bertz CT molecular complexity index is 632. The topological polar surface area (TPSA) is 74.4 Å². The van der Waals surface area contributed by atoms with Gasteiger partial charge in [-0.25, -0.2) is 9.78 Å². The van der Waals surface area contributed by atoms with E-state index in [9.17, 15) is 4.79 Å². The minimum Gasteiger partial charge on any atom is -0.462 e. The first kappa shape index (κ1) is 14.3. The summed E-state index contributed by atoms with van der Waals surface area (Å²) in [6.45, 7) is 2.01. The number of anilines is 1. The number of carbonyl (C=O) groups is 1. The molecule has 0 saturated heterocycles. The summed E-state index contributed by atoms with van der Waals surface area (Å²) in [5.41, 5.74) is 6.30. The van der Waals surface area contributed by atoms with Crippen molar-refractivity contribution < 1.29 is 14.3 Å². The second-order valence-electron chi connectivity index (χ2n) is 3.83. The number of hydrogen-bond donors (Lipinski definition) is 1. The molecule has 0 radical (unpaired) electrons. The predicted molar refractivity (Wildman–Crippen MR) is 78.8 cm³/mol. The Morgan fingerprint density at radius 2 is 2.10 bits per heavy atom. The van der Waals surface area contributed by atoms with Gasteiger partial charge in [0.05, 0.1) is 16.6 Å². The summed E-state index contributed by atoms with van der Waals surface area (Å²) in [6.07, 6.45) is 1.45. The maximum atomic E-state index is 11.7. The molecule has 0 saturated carbocycles. The van der Waals surface area contributed by atoms with E-state index in [1.54, 1.807) is 13.0 Å². The van der Waals surface area contributed by atoms with E-state index in [1.807, 2.05) is 18.2 Å². The van der Waals surface area contributed by atoms with Crippen molar-refractivity contribution in [3.8, 4) is 11.6 Å². The molecule has 0 bridgehead atoms. The Morgan fingerprint density at radius 1 is 1.35 bits per heavy atom. The Kier molecular flexibility index (Phi) is 4.57. The van der Waals surface area contributed by atoms with Crippen molar-refractivity contribution in [2.24, 2.45) is 0 Å². The molecule has 0 aliphatic rings. The Morgan fingerprint density at radius 3 is 2.80 bits per heavy atom. The first-order valence-electron chi connectivity index (χ1n) is 5.97. The molecule has 0 atom stereocenters. The maximum absolute atomic E-state index is 11.7. The van der Waals surface area contributed by atoms with Crippen molar-refractivity contribution in [3.05, 3.63) is 46.6 Å². The van der Waals surface area contributed by atoms with E-state index >= 15 is 0 Å². The molecule has 0 aliphatic heterocycles. The van der Waals surface area contributed by atoms with Crippen LogP contribution in [0, 0.1) is 0 Å². The average Bonchev–Trinajstić information content (AvgIpc) is 2.43. The molecular formula is C14H13BrN2O3. The molecule has 5 nitrogen and oxygen atoms in total. The van der Waals surface area contributed by atoms with Crippen LogP contribution >= 0.6 is 15.9 Å². The number of para-hydroxylation sites is 1. The molecule has 1 aromatic heterocycles. The molecule has 0 amide bonds. The standard InChI is InChI=1S/C14H13BrN2O3/c1-2-19-14(18)9-7-8-17-13(12(9)16)20-11-6-4-3-5-10(11)15/h3-8H,2,16H2,1H3. The number of nitrogens with zero attached hydrogens (tertiary/aromatic N) is 1. The quantitative estimate of drug-likeness (QED) is 0.866. The molecule has 2 aromatic rings. The summed E-state index contributed by atoms with van der Waals surface area (Å²) < 4.78 is 11.3. The Labute approximate surface area is 124 Å². The minimum absolute atomic E-state index is 0.154. The SMILES string of the molecule is CCOC(=O)c1ccnc(Oc2ccccc2Br)c1N. The van der Waals surface area contributed by atoms with E-state index in [2.05, 4.69) is 20.9 Å². The first-order valence-corrected chi connectivity index (χ1v) is 6.76. The third-order valence-corrected chi connectivity index (χ3v) is 3.15. The van der Waals surface area contributed by atoms with Gasteiger partial charge in [0.2, 0.25) is 5.88 Å². The van der Waals surface area contributed by atoms with Gasteiger partial charge in [-0.2, -0.15) is 0 Å².